The summed E-state index contributed by atoms with van der Waals surface area (Å²) in [6.07, 6.45) is 63.8. The third-order valence-corrected chi connectivity index (χ3v) is 7.96. The lowest BCUT2D eigenvalue weighted by Crippen LogP contribution is -2.13. The minimum atomic E-state index is -1.25. The van der Waals surface area contributed by atoms with E-state index in [1.165, 1.54) is 18.2 Å². The SMILES string of the molecule is CC/C=C\C/C=C\C/C=C\C/C=C\C/C=C\C/C=C\CCC(=O)Nc1ccc(OC(=O)CC/C=C\C/C=C\C/C=C\C/C=C\C/C=C\C/C=C\CC)c(C(=O)O)c1. The molecule has 306 valence electrons. The first-order valence-corrected chi connectivity index (χ1v) is 20.7. The summed E-state index contributed by atoms with van der Waals surface area (Å²) in [7, 11) is 0. The molecule has 0 spiro atoms. The van der Waals surface area contributed by atoms with Gasteiger partial charge in [-0.25, -0.2) is 4.79 Å². The van der Waals surface area contributed by atoms with Gasteiger partial charge in [0.15, 0.2) is 0 Å². The van der Waals surface area contributed by atoms with Gasteiger partial charge in [-0.15, -0.1) is 0 Å². The van der Waals surface area contributed by atoms with Gasteiger partial charge in [-0.05, 0) is 108 Å². The van der Waals surface area contributed by atoms with Crippen molar-refractivity contribution in [3.63, 3.8) is 0 Å². The molecule has 1 aromatic carbocycles. The number of ether oxygens (including phenoxy) is 1. The van der Waals surface area contributed by atoms with E-state index >= 15 is 0 Å². The minimum absolute atomic E-state index is 0.0498. The number of benzene rings is 1. The van der Waals surface area contributed by atoms with Crippen molar-refractivity contribution in [2.24, 2.45) is 0 Å². The molecule has 0 saturated carbocycles. The molecule has 1 amide bonds. The molecule has 0 fully saturated rings. The molecule has 1 aromatic rings. The molecular formula is C51H67NO5. The smallest absolute Gasteiger partial charge is 0.339 e. The van der Waals surface area contributed by atoms with Crippen LogP contribution in [0.25, 0.3) is 0 Å². The summed E-state index contributed by atoms with van der Waals surface area (Å²) in [5, 5.41) is 12.4. The molecule has 0 unspecified atom stereocenters. The quantitative estimate of drug-likeness (QED) is 0.0445. The summed E-state index contributed by atoms with van der Waals surface area (Å²) < 4.78 is 5.35. The Kier molecular flexibility index (Phi) is 32.5. The monoisotopic (exact) mass is 774 g/mol. The summed E-state index contributed by atoms with van der Waals surface area (Å²) in [5.74, 6) is -2.05. The molecule has 0 heterocycles. The van der Waals surface area contributed by atoms with Gasteiger partial charge in [-0.1, -0.05) is 160 Å². The summed E-state index contributed by atoms with van der Waals surface area (Å²) in [6, 6.07) is 4.25. The van der Waals surface area contributed by atoms with Crippen LogP contribution in [0, 0.1) is 0 Å². The second-order valence-electron chi connectivity index (χ2n) is 12.9. The van der Waals surface area contributed by atoms with E-state index in [-0.39, 0.29) is 30.1 Å². The fraction of sp³-hybridized carbons (Fsp3) is 0.353. The Morgan fingerprint density at radius 2 is 0.825 bits per heavy atom. The van der Waals surface area contributed by atoms with E-state index < -0.39 is 11.9 Å². The molecule has 6 nitrogen and oxygen atoms in total. The zero-order valence-electron chi connectivity index (χ0n) is 34.5. The Morgan fingerprint density at radius 3 is 1.18 bits per heavy atom. The van der Waals surface area contributed by atoms with Crippen molar-refractivity contribution in [1.82, 2.24) is 0 Å². The summed E-state index contributed by atoms with van der Waals surface area (Å²) >= 11 is 0. The topological polar surface area (TPSA) is 92.7 Å². The van der Waals surface area contributed by atoms with Crippen LogP contribution in [0.3, 0.4) is 0 Å². The Labute approximate surface area is 344 Å². The first-order valence-electron chi connectivity index (χ1n) is 20.7. The number of nitrogens with one attached hydrogen (secondary N) is 1. The highest BCUT2D eigenvalue weighted by Gasteiger charge is 2.16. The molecule has 2 N–H and O–H groups in total. The lowest BCUT2D eigenvalue weighted by molar-refractivity contribution is -0.134. The molecule has 0 aliphatic rings. The summed E-state index contributed by atoms with van der Waals surface area (Å²) in [5.41, 5.74) is 0.143. The van der Waals surface area contributed by atoms with Gasteiger partial charge in [0.05, 0.1) is 0 Å². The van der Waals surface area contributed by atoms with Crippen LogP contribution >= 0.6 is 0 Å². The largest absolute Gasteiger partial charge is 0.478 e. The number of carbonyl (C=O) groups is 3. The van der Waals surface area contributed by atoms with E-state index in [2.05, 4.69) is 141 Å². The summed E-state index contributed by atoms with van der Waals surface area (Å²) in [6.45, 7) is 4.28. The Hall–Kier alpha value is -5.49. The van der Waals surface area contributed by atoms with Crippen molar-refractivity contribution in [3.05, 3.63) is 170 Å². The fourth-order valence-electron chi connectivity index (χ4n) is 4.96. The van der Waals surface area contributed by atoms with Crippen LogP contribution in [0.2, 0.25) is 0 Å². The number of rotatable bonds is 31. The third kappa shape index (κ3) is 31.4. The van der Waals surface area contributed by atoms with Gasteiger partial charge in [0.2, 0.25) is 5.91 Å². The number of carboxylic acid groups (broad SMARTS) is 1. The maximum atomic E-state index is 12.5. The van der Waals surface area contributed by atoms with Crippen LogP contribution in [0.5, 0.6) is 5.75 Å². The van der Waals surface area contributed by atoms with E-state index in [1.807, 2.05) is 24.3 Å². The molecule has 0 aromatic heterocycles. The average Bonchev–Trinajstić information content (AvgIpc) is 3.20. The molecule has 0 atom stereocenters. The number of amides is 1. The lowest BCUT2D eigenvalue weighted by atomic mass is 10.1. The van der Waals surface area contributed by atoms with Gasteiger partial charge in [0.1, 0.15) is 11.3 Å². The van der Waals surface area contributed by atoms with Gasteiger partial charge >= 0.3 is 11.9 Å². The number of carbonyl (C=O) groups excluding carboxylic acids is 2. The number of carboxylic acids is 1. The standard InChI is InChI=1S/C51H67NO5/c1-3-5-7-9-11-13-15-17-19-21-23-25-27-29-31-33-35-37-39-41-49(53)52-46-43-44-48(47(45-46)51(55)56)57-50(54)42-40-38-36-34-32-30-28-26-24-22-20-18-16-14-12-10-8-6-4-2/h5-8,11-14,17-20,23-26,29-32,35-38,43-45H,3-4,9-10,15-16,21-22,27-28,33-34,39-42H2,1-2H3,(H,52,53)(H,55,56)/b7-5-,8-6-,13-11-,14-12-,19-17-,20-18-,25-23-,26-24-,31-29-,32-30-,37-35-,38-36-. The molecule has 0 aliphatic carbocycles. The van der Waals surface area contributed by atoms with E-state index in [0.29, 0.717) is 18.5 Å². The first kappa shape index (κ1) is 49.5. The van der Waals surface area contributed by atoms with Crippen LogP contribution in [-0.2, 0) is 9.59 Å². The fourth-order valence-corrected chi connectivity index (χ4v) is 4.96. The molecule has 0 bridgehead atoms. The summed E-state index contributed by atoms with van der Waals surface area (Å²) in [4.78, 5) is 36.8. The molecule has 57 heavy (non-hydrogen) atoms. The van der Waals surface area contributed by atoms with Crippen LogP contribution in [0.4, 0.5) is 5.69 Å². The molecule has 0 radical (unpaired) electrons. The second-order valence-corrected chi connectivity index (χ2v) is 12.9. The van der Waals surface area contributed by atoms with E-state index in [0.717, 1.165) is 77.0 Å². The highest BCUT2D eigenvalue weighted by Crippen LogP contribution is 2.24. The van der Waals surface area contributed by atoms with Gasteiger partial charge in [-0.3, -0.25) is 9.59 Å². The molecule has 0 aliphatic heterocycles. The minimum Gasteiger partial charge on any atom is -0.478 e. The average molecular weight is 774 g/mol. The lowest BCUT2D eigenvalue weighted by Gasteiger charge is -2.10. The number of hydrogen-bond acceptors (Lipinski definition) is 4. The van der Waals surface area contributed by atoms with E-state index in [4.69, 9.17) is 4.74 Å². The zero-order chi connectivity index (χ0) is 41.3. The second kappa shape index (κ2) is 37.4. The van der Waals surface area contributed by atoms with Crippen LogP contribution in [0.1, 0.15) is 127 Å². The highest BCUT2D eigenvalue weighted by molar-refractivity contribution is 5.96. The van der Waals surface area contributed by atoms with Crippen molar-refractivity contribution in [2.75, 3.05) is 5.32 Å². The maximum Gasteiger partial charge on any atom is 0.339 e. The zero-order valence-corrected chi connectivity index (χ0v) is 34.5. The van der Waals surface area contributed by atoms with E-state index in [1.54, 1.807) is 0 Å². The maximum absolute atomic E-state index is 12.5. The first-order chi connectivity index (χ1) is 28.0. The van der Waals surface area contributed by atoms with Gasteiger partial charge < -0.3 is 15.2 Å². The van der Waals surface area contributed by atoms with Crippen LogP contribution in [-0.4, -0.2) is 23.0 Å². The molecule has 1 rings (SSSR count). The normalized spacial score (nSPS) is 12.9. The van der Waals surface area contributed by atoms with E-state index in [9.17, 15) is 19.5 Å². The van der Waals surface area contributed by atoms with Gasteiger partial charge in [0.25, 0.3) is 0 Å². The number of allylic oxidation sites excluding steroid dienone is 24. The Bertz CT molecular complexity index is 1620. The molecular weight excluding hydrogens is 707 g/mol. The van der Waals surface area contributed by atoms with Crippen molar-refractivity contribution in [1.29, 1.82) is 0 Å². The highest BCUT2D eigenvalue weighted by atomic mass is 16.5. The van der Waals surface area contributed by atoms with Gasteiger partial charge in [-0.2, -0.15) is 0 Å². The Balaban J connectivity index is 2.26. The Morgan fingerprint density at radius 1 is 0.491 bits per heavy atom. The van der Waals surface area contributed by atoms with Crippen molar-refractivity contribution in [3.8, 4) is 5.75 Å². The predicted molar refractivity (Wildman–Crippen MR) is 243 cm³/mol. The number of esters is 1. The van der Waals surface area contributed by atoms with Crippen molar-refractivity contribution >= 4 is 23.5 Å². The number of hydrogen-bond donors (Lipinski definition) is 2. The van der Waals surface area contributed by atoms with Crippen LogP contribution < -0.4 is 10.1 Å². The predicted octanol–water partition coefficient (Wildman–Crippen LogP) is 14.2. The van der Waals surface area contributed by atoms with Gasteiger partial charge in [0, 0.05) is 18.5 Å². The molecule has 6 heteroatoms. The van der Waals surface area contributed by atoms with Crippen LogP contribution in [0.15, 0.2) is 164 Å². The van der Waals surface area contributed by atoms with Crippen molar-refractivity contribution in [2.45, 2.75) is 117 Å². The number of anilines is 1. The third-order valence-electron chi connectivity index (χ3n) is 7.96. The molecule has 0 saturated heterocycles. The number of aromatic carboxylic acids is 1. The van der Waals surface area contributed by atoms with Crippen molar-refractivity contribution < 1.29 is 24.2 Å².